The second-order valence-electron chi connectivity index (χ2n) is 6.43. The van der Waals surface area contributed by atoms with E-state index in [1.165, 1.54) is 11.6 Å². The molecule has 1 aliphatic heterocycles. The third kappa shape index (κ3) is 3.06. The topological polar surface area (TPSA) is 53.7 Å². The number of anilines is 1. The summed E-state index contributed by atoms with van der Waals surface area (Å²) in [5, 5.41) is 4.39. The van der Waals surface area contributed by atoms with Crippen LogP contribution in [0.2, 0.25) is 0 Å². The summed E-state index contributed by atoms with van der Waals surface area (Å²) in [4.78, 5) is 20.9. The van der Waals surface area contributed by atoms with Crippen LogP contribution in [0.15, 0.2) is 67.5 Å². The summed E-state index contributed by atoms with van der Waals surface area (Å²) in [6.45, 7) is 5.82. The summed E-state index contributed by atoms with van der Waals surface area (Å²) >= 11 is 0. The Morgan fingerprint density at radius 2 is 2.00 bits per heavy atom. The van der Waals surface area contributed by atoms with E-state index in [-0.39, 0.29) is 11.9 Å². The van der Waals surface area contributed by atoms with E-state index in [9.17, 15) is 4.79 Å². The molecule has 3 heterocycles. The van der Waals surface area contributed by atoms with Gasteiger partial charge in [-0.3, -0.25) is 4.79 Å². The number of hydrogen-bond donors (Lipinski definition) is 0. The Bertz CT molecular complexity index is 920. The maximum Gasteiger partial charge on any atom is 0.246 e. The Morgan fingerprint density at radius 3 is 2.81 bits per heavy atom. The van der Waals surface area contributed by atoms with Crippen LogP contribution in [-0.4, -0.2) is 51.1 Å². The summed E-state index contributed by atoms with van der Waals surface area (Å²) in [6.07, 6.45) is 5.78. The number of aromatic nitrogens is 3. The number of benzene rings is 1. The molecule has 0 N–H and O–H groups in total. The molecule has 0 saturated carbocycles. The molecule has 3 aromatic rings. The van der Waals surface area contributed by atoms with E-state index in [0.717, 1.165) is 31.0 Å². The van der Waals surface area contributed by atoms with Crippen molar-refractivity contribution >= 4 is 17.4 Å². The fourth-order valence-electron chi connectivity index (χ4n) is 3.59. The van der Waals surface area contributed by atoms with Gasteiger partial charge in [0.25, 0.3) is 0 Å². The third-order valence-electron chi connectivity index (χ3n) is 4.85. The highest BCUT2D eigenvalue weighted by Crippen LogP contribution is 2.22. The number of piperazine rings is 1. The second kappa shape index (κ2) is 7.00. The molecule has 0 unspecified atom stereocenters. The second-order valence-corrected chi connectivity index (χ2v) is 6.43. The van der Waals surface area contributed by atoms with Gasteiger partial charge in [-0.25, -0.2) is 4.98 Å². The molecule has 4 rings (SSSR count). The maximum atomic E-state index is 12.3. The largest absolute Gasteiger partial charge is 0.353 e. The van der Waals surface area contributed by atoms with Gasteiger partial charge in [-0.2, -0.15) is 9.61 Å². The van der Waals surface area contributed by atoms with E-state index in [0.29, 0.717) is 6.54 Å². The van der Waals surface area contributed by atoms with Gasteiger partial charge in [-0.15, -0.1) is 0 Å². The molecular formula is C20H21N5O. The monoisotopic (exact) mass is 347 g/mol. The summed E-state index contributed by atoms with van der Waals surface area (Å²) in [6, 6.07) is 14.2. The Hall–Kier alpha value is -3.15. The summed E-state index contributed by atoms with van der Waals surface area (Å²) in [5.41, 5.74) is 2.05. The molecule has 1 aromatic carbocycles. The normalized spacial score (nSPS) is 17.5. The first-order valence-corrected chi connectivity index (χ1v) is 8.77. The molecule has 0 radical (unpaired) electrons. The number of hydrogen-bond acceptors (Lipinski definition) is 4. The van der Waals surface area contributed by atoms with Crippen LogP contribution in [0.4, 0.5) is 5.82 Å². The van der Waals surface area contributed by atoms with Crippen molar-refractivity contribution in [1.29, 1.82) is 0 Å². The van der Waals surface area contributed by atoms with E-state index in [2.05, 4.69) is 33.7 Å². The smallest absolute Gasteiger partial charge is 0.246 e. The first kappa shape index (κ1) is 16.3. The Balaban J connectivity index is 1.63. The van der Waals surface area contributed by atoms with Gasteiger partial charge < -0.3 is 9.80 Å². The lowest BCUT2D eigenvalue weighted by Gasteiger charge is -2.42. The van der Waals surface area contributed by atoms with Crippen LogP contribution in [0, 0.1) is 0 Å². The van der Waals surface area contributed by atoms with E-state index in [4.69, 9.17) is 0 Å². The van der Waals surface area contributed by atoms with Crippen molar-refractivity contribution in [2.45, 2.75) is 12.5 Å². The van der Waals surface area contributed by atoms with Crippen molar-refractivity contribution in [3.63, 3.8) is 0 Å². The number of carbonyl (C=O) groups is 1. The van der Waals surface area contributed by atoms with E-state index in [1.807, 2.05) is 39.7 Å². The SMILES string of the molecule is C=CC(=O)N1CCN(c2ccnc3ccnn23)C[C@@H]1Cc1ccccc1. The van der Waals surface area contributed by atoms with Crippen molar-refractivity contribution in [2.75, 3.05) is 24.5 Å². The van der Waals surface area contributed by atoms with E-state index in [1.54, 1.807) is 12.4 Å². The molecule has 2 aromatic heterocycles. The van der Waals surface area contributed by atoms with Crippen LogP contribution >= 0.6 is 0 Å². The van der Waals surface area contributed by atoms with E-state index >= 15 is 0 Å². The fraction of sp³-hybridized carbons (Fsp3) is 0.250. The highest BCUT2D eigenvalue weighted by Gasteiger charge is 2.30. The van der Waals surface area contributed by atoms with Gasteiger partial charge in [-0.05, 0) is 24.1 Å². The van der Waals surface area contributed by atoms with Crippen LogP contribution in [-0.2, 0) is 11.2 Å². The number of amides is 1. The standard InChI is InChI=1S/C20H21N5O/c1-2-20(26)24-13-12-23(15-17(24)14-16-6-4-3-5-7-16)19-9-10-21-18-8-11-22-25(18)19/h2-11,17H,1,12-15H2/t17-/m0/s1. The fourth-order valence-corrected chi connectivity index (χ4v) is 3.59. The maximum absolute atomic E-state index is 12.3. The van der Waals surface area contributed by atoms with Gasteiger partial charge in [-0.1, -0.05) is 36.9 Å². The predicted molar refractivity (Wildman–Crippen MR) is 101 cm³/mol. The molecule has 6 heteroatoms. The highest BCUT2D eigenvalue weighted by molar-refractivity contribution is 5.87. The van der Waals surface area contributed by atoms with Crippen LogP contribution in [0.3, 0.4) is 0 Å². The lowest BCUT2D eigenvalue weighted by atomic mass is 10.0. The minimum Gasteiger partial charge on any atom is -0.353 e. The molecule has 0 spiro atoms. The summed E-state index contributed by atoms with van der Waals surface area (Å²) in [5.74, 6) is 0.994. The van der Waals surface area contributed by atoms with Gasteiger partial charge in [0.15, 0.2) is 5.65 Å². The third-order valence-corrected chi connectivity index (χ3v) is 4.85. The minimum absolute atomic E-state index is 0.00968. The van der Waals surface area contributed by atoms with Crippen molar-refractivity contribution in [3.05, 3.63) is 73.1 Å². The van der Waals surface area contributed by atoms with Gasteiger partial charge >= 0.3 is 0 Å². The number of carbonyl (C=O) groups excluding carboxylic acids is 1. The Labute approximate surface area is 152 Å². The minimum atomic E-state index is -0.00968. The van der Waals surface area contributed by atoms with Crippen molar-refractivity contribution in [1.82, 2.24) is 19.5 Å². The van der Waals surface area contributed by atoms with Crippen LogP contribution < -0.4 is 4.90 Å². The van der Waals surface area contributed by atoms with Crippen molar-refractivity contribution < 1.29 is 4.79 Å². The average molecular weight is 347 g/mol. The summed E-state index contributed by atoms with van der Waals surface area (Å²) in [7, 11) is 0. The Kier molecular flexibility index (Phi) is 4.39. The molecule has 1 atom stereocenters. The van der Waals surface area contributed by atoms with Gasteiger partial charge in [0.05, 0.1) is 12.2 Å². The van der Waals surface area contributed by atoms with Gasteiger partial charge in [0.1, 0.15) is 5.82 Å². The molecule has 0 aliphatic carbocycles. The van der Waals surface area contributed by atoms with Crippen molar-refractivity contribution in [2.24, 2.45) is 0 Å². The van der Waals surface area contributed by atoms with Crippen LogP contribution in [0.1, 0.15) is 5.56 Å². The summed E-state index contributed by atoms with van der Waals surface area (Å²) < 4.78 is 1.85. The Morgan fingerprint density at radius 1 is 1.15 bits per heavy atom. The quantitative estimate of drug-likeness (QED) is 0.679. The molecule has 6 nitrogen and oxygen atoms in total. The molecule has 1 fully saturated rings. The molecule has 1 aliphatic rings. The van der Waals surface area contributed by atoms with Gasteiger partial charge in [0.2, 0.25) is 5.91 Å². The number of rotatable bonds is 4. The zero-order valence-corrected chi connectivity index (χ0v) is 14.5. The average Bonchev–Trinajstić information content (AvgIpc) is 3.17. The lowest BCUT2D eigenvalue weighted by molar-refractivity contribution is -0.128. The zero-order valence-electron chi connectivity index (χ0n) is 14.5. The zero-order chi connectivity index (χ0) is 17.9. The predicted octanol–water partition coefficient (Wildman–Crippen LogP) is 2.18. The van der Waals surface area contributed by atoms with Gasteiger partial charge in [0, 0.05) is 31.9 Å². The molecule has 26 heavy (non-hydrogen) atoms. The number of fused-ring (bicyclic) bond motifs is 1. The molecule has 1 saturated heterocycles. The molecule has 0 bridgehead atoms. The number of nitrogens with zero attached hydrogens (tertiary/aromatic N) is 5. The first-order valence-electron chi connectivity index (χ1n) is 8.77. The van der Waals surface area contributed by atoms with Crippen molar-refractivity contribution in [3.8, 4) is 0 Å². The molecular weight excluding hydrogens is 326 g/mol. The van der Waals surface area contributed by atoms with Crippen LogP contribution in [0.25, 0.3) is 5.65 Å². The van der Waals surface area contributed by atoms with E-state index < -0.39 is 0 Å². The highest BCUT2D eigenvalue weighted by atomic mass is 16.2. The molecule has 132 valence electrons. The molecule has 1 amide bonds. The lowest BCUT2D eigenvalue weighted by Crippen LogP contribution is -2.56. The van der Waals surface area contributed by atoms with Crippen LogP contribution in [0.5, 0.6) is 0 Å². The first-order chi connectivity index (χ1) is 12.8.